The molecule has 4 rings (SSSR count). The molecule has 2 aromatic rings. The van der Waals surface area contributed by atoms with Gasteiger partial charge in [0.1, 0.15) is 18.0 Å². The number of benzene rings is 2. The smallest absolute Gasteiger partial charge is 0.219 e. The van der Waals surface area contributed by atoms with E-state index in [9.17, 15) is 15.0 Å². The van der Waals surface area contributed by atoms with Crippen LogP contribution in [0, 0.1) is 13.8 Å². The normalized spacial score (nSPS) is 27.9. The topological polar surface area (TPSA) is 73.2 Å². The minimum Gasteiger partial charge on any atom is -0.490 e. The van der Waals surface area contributed by atoms with Crippen LogP contribution in [0.25, 0.3) is 0 Å². The second-order valence-electron chi connectivity index (χ2n) is 10.8. The lowest BCUT2D eigenvalue weighted by atomic mass is 9.76. The molecule has 1 amide bonds. The Morgan fingerprint density at radius 1 is 0.971 bits per heavy atom. The van der Waals surface area contributed by atoms with Crippen molar-refractivity contribution in [3.63, 3.8) is 0 Å². The van der Waals surface area contributed by atoms with Crippen LogP contribution in [-0.2, 0) is 4.79 Å². The summed E-state index contributed by atoms with van der Waals surface area (Å²) in [7, 11) is 0. The van der Waals surface area contributed by atoms with E-state index in [0.717, 1.165) is 31.2 Å². The zero-order chi connectivity index (χ0) is 25.1. The van der Waals surface area contributed by atoms with Crippen molar-refractivity contribution in [2.45, 2.75) is 63.6 Å². The maximum atomic E-state index is 12.2. The summed E-state index contributed by atoms with van der Waals surface area (Å²) in [5, 5.41) is 23.0. The van der Waals surface area contributed by atoms with Crippen LogP contribution in [0.4, 0.5) is 0 Å². The quantitative estimate of drug-likeness (QED) is 0.660. The molecule has 0 spiro atoms. The minimum atomic E-state index is -1.22. The predicted octanol–water partition coefficient (Wildman–Crippen LogP) is 3.67. The predicted molar refractivity (Wildman–Crippen MR) is 138 cm³/mol. The summed E-state index contributed by atoms with van der Waals surface area (Å²) in [6.07, 6.45) is 3.37. The van der Waals surface area contributed by atoms with Crippen molar-refractivity contribution in [1.82, 2.24) is 9.80 Å². The first-order valence-electron chi connectivity index (χ1n) is 12.8. The number of carbonyl (C=O) groups is 1. The number of hydrogen-bond acceptors (Lipinski definition) is 5. The lowest BCUT2D eigenvalue weighted by molar-refractivity contribution is -0.132. The molecule has 1 saturated heterocycles. The van der Waals surface area contributed by atoms with Gasteiger partial charge < -0.3 is 19.8 Å². The van der Waals surface area contributed by atoms with Gasteiger partial charge in [0.05, 0.1) is 12.1 Å². The van der Waals surface area contributed by atoms with E-state index in [1.165, 1.54) is 11.1 Å². The lowest BCUT2D eigenvalue weighted by Crippen LogP contribution is -2.54. The van der Waals surface area contributed by atoms with Gasteiger partial charge in [0.2, 0.25) is 5.91 Å². The SMILES string of the molecule is CC(=O)N1CCN(CC2(O)CCC(c3ccccc3)CC2)C[C@@](O)(COc2ccc(C)c(C)c2)C1. The Bertz CT molecular complexity index is 1000. The first kappa shape index (κ1) is 25.7. The molecule has 0 bridgehead atoms. The molecule has 2 N–H and O–H groups in total. The molecular weight excluding hydrogens is 440 g/mol. The van der Waals surface area contributed by atoms with E-state index in [0.29, 0.717) is 37.8 Å². The Labute approximate surface area is 209 Å². The fraction of sp³-hybridized carbons (Fsp3) is 0.552. The average Bonchev–Trinajstić information content (AvgIpc) is 2.99. The van der Waals surface area contributed by atoms with Crippen LogP contribution in [0.5, 0.6) is 5.75 Å². The Hall–Kier alpha value is -2.41. The molecular formula is C29H40N2O4. The molecule has 0 radical (unpaired) electrons. The molecule has 190 valence electrons. The number of β-amino-alcohol motifs (C(OH)–C–C–N with tert-alkyl or cyclic N) is 2. The molecule has 1 saturated carbocycles. The number of carbonyl (C=O) groups excluding carboxylic acids is 1. The summed E-state index contributed by atoms with van der Waals surface area (Å²) in [5.41, 5.74) is 1.66. The highest BCUT2D eigenvalue weighted by Gasteiger charge is 2.41. The van der Waals surface area contributed by atoms with Crippen molar-refractivity contribution >= 4 is 5.91 Å². The molecule has 6 heteroatoms. The molecule has 1 atom stereocenters. The second-order valence-corrected chi connectivity index (χ2v) is 10.8. The summed E-state index contributed by atoms with van der Waals surface area (Å²) in [4.78, 5) is 16.0. The fourth-order valence-electron chi connectivity index (χ4n) is 5.55. The number of aryl methyl sites for hydroxylation is 2. The number of aliphatic hydroxyl groups is 2. The molecule has 1 aliphatic carbocycles. The Kier molecular flexibility index (Phi) is 7.84. The van der Waals surface area contributed by atoms with Gasteiger partial charge in [-0.05, 0) is 74.3 Å². The van der Waals surface area contributed by atoms with Crippen molar-refractivity contribution in [2.75, 3.05) is 39.3 Å². The fourth-order valence-corrected chi connectivity index (χ4v) is 5.55. The van der Waals surface area contributed by atoms with E-state index in [4.69, 9.17) is 4.74 Å². The third-order valence-electron chi connectivity index (χ3n) is 7.83. The zero-order valence-electron chi connectivity index (χ0n) is 21.4. The van der Waals surface area contributed by atoms with E-state index in [2.05, 4.69) is 36.1 Å². The number of nitrogens with zero attached hydrogens (tertiary/aromatic N) is 2. The van der Waals surface area contributed by atoms with Gasteiger partial charge in [0, 0.05) is 33.1 Å². The van der Waals surface area contributed by atoms with Crippen molar-refractivity contribution < 1.29 is 19.7 Å². The van der Waals surface area contributed by atoms with Gasteiger partial charge in [0.15, 0.2) is 0 Å². The van der Waals surface area contributed by atoms with E-state index in [-0.39, 0.29) is 19.1 Å². The molecule has 2 aliphatic rings. The van der Waals surface area contributed by atoms with Crippen LogP contribution < -0.4 is 4.74 Å². The van der Waals surface area contributed by atoms with Crippen molar-refractivity contribution in [1.29, 1.82) is 0 Å². The van der Waals surface area contributed by atoms with Gasteiger partial charge in [-0.25, -0.2) is 0 Å². The van der Waals surface area contributed by atoms with Gasteiger partial charge in [0.25, 0.3) is 0 Å². The molecule has 0 aromatic heterocycles. The van der Waals surface area contributed by atoms with Gasteiger partial charge >= 0.3 is 0 Å². The largest absolute Gasteiger partial charge is 0.490 e. The number of rotatable bonds is 6. The molecule has 35 heavy (non-hydrogen) atoms. The Balaban J connectivity index is 1.41. The van der Waals surface area contributed by atoms with Gasteiger partial charge in [-0.1, -0.05) is 36.4 Å². The molecule has 2 aromatic carbocycles. The van der Waals surface area contributed by atoms with Crippen LogP contribution >= 0.6 is 0 Å². The molecule has 0 unspecified atom stereocenters. The Morgan fingerprint density at radius 2 is 1.69 bits per heavy atom. The number of hydrogen-bond donors (Lipinski definition) is 2. The van der Waals surface area contributed by atoms with Gasteiger partial charge in [-0.3, -0.25) is 9.69 Å². The summed E-state index contributed by atoms with van der Waals surface area (Å²) >= 11 is 0. The highest BCUT2D eigenvalue weighted by Crippen LogP contribution is 2.38. The molecule has 1 heterocycles. The highest BCUT2D eigenvalue weighted by atomic mass is 16.5. The van der Waals surface area contributed by atoms with Crippen molar-refractivity contribution in [3.05, 3.63) is 65.2 Å². The molecule has 6 nitrogen and oxygen atoms in total. The van der Waals surface area contributed by atoms with E-state index in [1.807, 2.05) is 31.2 Å². The van der Waals surface area contributed by atoms with E-state index in [1.54, 1.807) is 11.8 Å². The third kappa shape index (κ3) is 6.63. The number of ether oxygens (including phenoxy) is 1. The van der Waals surface area contributed by atoms with Crippen LogP contribution in [0.2, 0.25) is 0 Å². The van der Waals surface area contributed by atoms with Gasteiger partial charge in [-0.2, -0.15) is 0 Å². The van der Waals surface area contributed by atoms with E-state index < -0.39 is 11.2 Å². The summed E-state index contributed by atoms with van der Waals surface area (Å²) in [5.74, 6) is 1.14. The van der Waals surface area contributed by atoms with E-state index >= 15 is 0 Å². The monoisotopic (exact) mass is 480 g/mol. The summed E-state index contributed by atoms with van der Waals surface area (Å²) in [6, 6.07) is 16.4. The first-order chi connectivity index (χ1) is 16.6. The third-order valence-corrected chi connectivity index (χ3v) is 7.83. The average molecular weight is 481 g/mol. The number of amides is 1. The zero-order valence-corrected chi connectivity index (χ0v) is 21.4. The van der Waals surface area contributed by atoms with Crippen molar-refractivity contribution in [2.24, 2.45) is 0 Å². The first-order valence-corrected chi connectivity index (χ1v) is 12.8. The lowest BCUT2D eigenvalue weighted by Gasteiger charge is -2.40. The second kappa shape index (κ2) is 10.7. The molecule has 1 aliphatic heterocycles. The minimum absolute atomic E-state index is 0.0569. The van der Waals surface area contributed by atoms with Crippen LogP contribution in [0.3, 0.4) is 0 Å². The maximum absolute atomic E-state index is 12.2. The Morgan fingerprint density at radius 3 is 2.34 bits per heavy atom. The summed E-state index contributed by atoms with van der Waals surface area (Å²) < 4.78 is 6.02. The highest BCUT2D eigenvalue weighted by molar-refractivity contribution is 5.73. The van der Waals surface area contributed by atoms with Gasteiger partial charge in [-0.15, -0.1) is 0 Å². The summed E-state index contributed by atoms with van der Waals surface area (Å²) in [6.45, 7) is 7.94. The standard InChI is InChI=1S/C29H40N2O4/c1-22-9-10-27(17-23(22)2)35-21-29(34)19-30(15-16-31(20-29)24(3)32)18-28(33)13-11-26(12-14-28)25-7-5-4-6-8-25/h4-10,17,26,33-34H,11-16,18-21H2,1-3H3/t26?,28?,29-/m0/s1. The van der Waals surface area contributed by atoms with Crippen LogP contribution in [-0.4, -0.2) is 76.5 Å². The van der Waals surface area contributed by atoms with Crippen LogP contribution in [0.1, 0.15) is 55.2 Å². The van der Waals surface area contributed by atoms with Crippen molar-refractivity contribution in [3.8, 4) is 5.75 Å². The molecule has 2 fully saturated rings. The van der Waals surface area contributed by atoms with Crippen LogP contribution in [0.15, 0.2) is 48.5 Å². The maximum Gasteiger partial charge on any atom is 0.219 e.